The molecule has 0 aromatic heterocycles. The first-order chi connectivity index (χ1) is 7.25. The first kappa shape index (κ1) is 10.1. The summed E-state index contributed by atoms with van der Waals surface area (Å²) in [6.45, 7) is 1.36. The molecule has 0 saturated carbocycles. The van der Waals surface area contributed by atoms with Crippen molar-refractivity contribution in [3.8, 4) is 0 Å². The van der Waals surface area contributed by atoms with E-state index in [1.807, 2.05) is 0 Å². The minimum atomic E-state index is -0.808. The maximum atomic E-state index is 12.8. The van der Waals surface area contributed by atoms with Crippen molar-refractivity contribution < 1.29 is 8.78 Å². The zero-order chi connectivity index (χ0) is 10.7. The minimum Gasteiger partial charge on any atom is -0.370 e. The molecule has 0 unspecified atom stereocenters. The Morgan fingerprint density at radius 2 is 2.13 bits per heavy atom. The quantitative estimate of drug-likeness (QED) is 0.795. The van der Waals surface area contributed by atoms with Crippen molar-refractivity contribution in [2.75, 3.05) is 6.54 Å². The van der Waals surface area contributed by atoms with Crippen molar-refractivity contribution in [2.45, 2.75) is 19.4 Å². The van der Waals surface area contributed by atoms with Gasteiger partial charge in [-0.3, -0.25) is 4.99 Å². The first-order valence-corrected chi connectivity index (χ1v) is 4.97. The predicted molar refractivity (Wildman–Crippen MR) is 54.7 cm³/mol. The molecule has 0 saturated heterocycles. The summed E-state index contributed by atoms with van der Waals surface area (Å²) in [5, 5.41) is 3.11. The third-order valence-corrected chi connectivity index (χ3v) is 2.35. The number of nitrogens with zero attached hydrogens (tertiary/aromatic N) is 1. The Hall–Kier alpha value is -1.45. The zero-order valence-corrected chi connectivity index (χ0v) is 8.26. The fraction of sp³-hybridized carbons (Fsp3) is 0.364. The molecule has 2 nitrogen and oxygen atoms in total. The van der Waals surface area contributed by atoms with Crippen LogP contribution in [0.2, 0.25) is 0 Å². The van der Waals surface area contributed by atoms with Gasteiger partial charge in [0.2, 0.25) is 0 Å². The molecule has 15 heavy (non-hydrogen) atoms. The van der Waals surface area contributed by atoms with Crippen molar-refractivity contribution in [3.63, 3.8) is 0 Å². The molecule has 0 radical (unpaired) electrons. The molecule has 4 heteroatoms. The van der Waals surface area contributed by atoms with Crippen LogP contribution in [0.5, 0.6) is 0 Å². The fourth-order valence-corrected chi connectivity index (χ4v) is 1.54. The lowest BCUT2D eigenvalue weighted by Crippen LogP contribution is -2.20. The average molecular weight is 210 g/mol. The van der Waals surface area contributed by atoms with Crippen LogP contribution in [-0.2, 0) is 6.54 Å². The number of nitrogens with one attached hydrogen (secondary N) is 1. The minimum absolute atomic E-state index is 0.496. The Labute approximate surface area is 87.0 Å². The van der Waals surface area contributed by atoms with Crippen LogP contribution in [0.3, 0.4) is 0 Å². The first-order valence-electron chi connectivity index (χ1n) is 4.97. The molecular weight excluding hydrogens is 198 g/mol. The van der Waals surface area contributed by atoms with Gasteiger partial charge in [-0.1, -0.05) is 6.07 Å². The number of hydrogen-bond donors (Lipinski definition) is 1. The molecule has 2 rings (SSSR count). The van der Waals surface area contributed by atoms with Crippen LogP contribution >= 0.6 is 0 Å². The molecular formula is C11H12F2N2. The van der Waals surface area contributed by atoms with Crippen LogP contribution in [0.25, 0.3) is 0 Å². The summed E-state index contributed by atoms with van der Waals surface area (Å²) in [7, 11) is 0. The van der Waals surface area contributed by atoms with Crippen LogP contribution in [-0.4, -0.2) is 12.4 Å². The molecule has 0 amide bonds. The van der Waals surface area contributed by atoms with E-state index in [0.29, 0.717) is 6.54 Å². The highest BCUT2D eigenvalue weighted by atomic mass is 19.2. The van der Waals surface area contributed by atoms with Crippen LogP contribution in [0, 0.1) is 11.6 Å². The molecule has 1 aromatic rings. The van der Waals surface area contributed by atoms with Crippen molar-refractivity contribution in [1.29, 1.82) is 0 Å². The van der Waals surface area contributed by atoms with E-state index in [0.717, 1.165) is 36.9 Å². The van der Waals surface area contributed by atoms with Crippen molar-refractivity contribution >= 4 is 5.84 Å². The summed E-state index contributed by atoms with van der Waals surface area (Å²) < 4.78 is 25.5. The summed E-state index contributed by atoms with van der Waals surface area (Å²) in [5.41, 5.74) is 0.725. The molecule has 1 aromatic carbocycles. The Balaban J connectivity index is 1.96. The predicted octanol–water partition coefficient (Wildman–Crippen LogP) is 2.25. The topological polar surface area (TPSA) is 24.4 Å². The molecule has 0 bridgehead atoms. The van der Waals surface area contributed by atoms with Gasteiger partial charge in [0.25, 0.3) is 0 Å². The van der Waals surface area contributed by atoms with E-state index in [2.05, 4.69) is 10.3 Å². The van der Waals surface area contributed by atoms with Crippen molar-refractivity contribution in [3.05, 3.63) is 35.4 Å². The van der Waals surface area contributed by atoms with Gasteiger partial charge in [0.05, 0.1) is 5.84 Å². The Morgan fingerprint density at radius 3 is 2.80 bits per heavy atom. The lowest BCUT2D eigenvalue weighted by molar-refractivity contribution is 0.507. The number of benzene rings is 1. The third kappa shape index (κ3) is 2.52. The number of amidine groups is 1. The Bertz CT molecular complexity index is 388. The van der Waals surface area contributed by atoms with E-state index in [1.165, 1.54) is 6.07 Å². The molecule has 1 aliphatic rings. The lowest BCUT2D eigenvalue weighted by Gasteiger charge is -2.05. The molecule has 1 aliphatic heterocycles. The van der Waals surface area contributed by atoms with Gasteiger partial charge in [-0.2, -0.15) is 0 Å². The summed E-state index contributed by atoms with van der Waals surface area (Å²) in [6, 6.07) is 3.92. The Kier molecular flexibility index (Phi) is 2.94. The van der Waals surface area contributed by atoms with E-state index >= 15 is 0 Å². The van der Waals surface area contributed by atoms with Crippen molar-refractivity contribution in [1.82, 2.24) is 5.32 Å². The van der Waals surface area contributed by atoms with Gasteiger partial charge < -0.3 is 5.32 Å². The molecule has 1 heterocycles. The lowest BCUT2D eigenvalue weighted by atomic mass is 10.2. The van der Waals surface area contributed by atoms with Crippen LogP contribution in [0.1, 0.15) is 18.4 Å². The van der Waals surface area contributed by atoms with Gasteiger partial charge in [0.1, 0.15) is 0 Å². The molecule has 80 valence electrons. The van der Waals surface area contributed by atoms with E-state index in [1.54, 1.807) is 6.07 Å². The van der Waals surface area contributed by atoms with Gasteiger partial charge in [-0.15, -0.1) is 0 Å². The number of rotatable bonds is 2. The fourth-order valence-electron chi connectivity index (χ4n) is 1.54. The number of halogens is 2. The van der Waals surface area contributed by atoms with Crippen LogP contribution < -0.4 is 5.32 Å². The van der Waals surface area contributed by atoms with Gasteiger partial charge in [0.15, 0.2) is 11.6 Å². The van der Waals surface area contributed by atoms with Crippen molar-refractivity contribution in [2.24, 2.45) is 4.99 Å². The SMILES string of the molecule is Fc1ccc(CNC2=NCCC2)cc1F. The van der Waals surface area contributed by atoms with Gasteiger partial charge in [-0.25, -0.2) is 8.78 Å². The van der Waals surface area contributed by atoms with Gasteiger partial charge in [0, 0.05) is 19.5 Å². The van der Waals surface area contributed by atoms with Gasteiger partial charge in [-0.05, 0) is 24.1 Å². The second kappa shape index (κ2) is 4.38. The zero-order valence-electron chi connectivity index (χ0n) is 8.26. The molecule has 0 fully saturated rings. The van der Waals surface area contributed by atoms with E-state index in [9.17, 15) is 8.78 Å². The highest BCUT2D eigenvalue weighted by molar-refractivity contribution is 5.83. The van der Waals surface area contributed by atoms with Crippen LogP contribution in [0.15, 0.2) is 23.2 Å². The second-order valence-corrected chi connectivity index (χ2v) is 3.53. The molecule has 0 aliphatic carbocycles. The normalized spacial score (nSPS) is 15.2. The molecule has 0 spiro atoms. The summed E-state index contributed by atoms with van der Waals surface area (Å²) in [4.78, 5) is 4.23. The molecule has 1 N–H and O–H groups in total. The van der Waals surface area contributed by atoms with E-state index in [4.69, 9.17) is 0 Å². The maximum absolute atomic E-state index is 12.8. The third-order valence-electron chi connectivity index (χ3n) is 2.35. The standard InChI is InChI=1S/C11H12F2N2/c12-9-4-3-8(6-10(9)13)7-15-11-2-1-5-14-11/h3-4,6H,1-2,5,7H2,(H,14,15). The second-order valence-electron chi connectivity index (χ2n) is 3.53. The van der Waals surface area contributed by atoms with E-state index < -0.39 is 11.6 Å². The Morgan fingerprint density at radius 1 is 1.27 bits per heavy atom. The largest absolute Gasteiger partial charge is 0.370 e. The number of aliphatic imine (C=N–C) groups is 1. The van der Waals surface area contributed by atoms with E-state index in [-0.39, 0.29) is 0 Å². The summed E-state index contributed by atoms with van der Waals surface area (Å²) in [5.74, 6) is -0.653. The van der Waals surface area contributed by atoms with Crippen LogP contribution in [0.4, 0.5) is 8.78 Å². The number of hydrogen-bond acceptors (Lipinski definition) is 2. The highest BCUT2D eigenvalue weighted by Crippen LogP contribution is 2.09. The maximum Gasteiger partial charge on any atom is 0.159 e. The highest BCUT2D eigenvalue weighted by Gasteiger charge is 2.06. The van der Waals surface area contributed by atoms with Gasteiger partial charge >= 0.3 is 0 Å². The summed E-state index contributed by atoms with van der Waals surface area (Å²) in [6.07, 6.45) is 2.02. The monoisotopic (exact) mass is 210 g/mol. The average Bonchev–Trinajstić information content (AvgIpc) is 2.73. The summed E-state index contributed by atoms with van der Waals surface area (Å²) >= 11 is 0. The molecule has 0 atom stereocenters. The smallest absolute Gasteiger partial charge is 0.159 e.